The van der Waals surface area contributed by atoms with Crippen molar-refractivity contribution < 1.29 is 13.5 Å². The summed E-state index contributed by atoms with van der Waals surface area (Å²) in [5.74, 6) is 0. The molecule has 9 heteroatoms. The highest BCUT2D eigenvalue weighted by atomic mass is 79.9. The summed E-state index contributed by atoms with van der Waals surface area (Å²) in [5, 5.41) is 13.0. The second kappa shape index (κ2) is 6.14. The van der Waals surface area contributed by atoms with Crippen molar-refractivity contribution in [2.24, 2.45) is 0 Å². The number of hydrogen-bond donors (Lipinski definition) is 2. The lowest BCUT2D eigenvalue weighted by Crippen LogP contribution is -2.27. The molecule has 0 aromatic carbocycles. The summed E-state index contributed by atoms with van der Waals surface area (Å²) in [6, 6.07) is 3.24. The Morgan fingerprint density at radius 3 is 2.89 bits per heavy atom. The summed E-state index contributed by atoms with van der Waals surface area (Å²) in [6.45, 7) is 0.535. The van der Waals surface area contributed by atoms with Gasteiger partial charge in [0.15, 0.2) is 0 Å². The molecule has 0 aliphatic heterocycles. The van der Waals surface area contributed by atoms with Gasteiger partial charge in [-0.3, -0.25) is 4.68 Å². The molecule has 2 aromatic rings. The van der Waals surface area contributed by atoms with E-state index in [4.69, 9.17) is 5.11 Å². The van der Waals surface area contributed by atoms with Crippen LogP contribution in [0.25, 0.3) is 0 Å². The molecule has 2 heterocycles. The highest BCUT2D eigenvalue weighted by Crippen LogP contribution is 2.31. The van der Waals surface area contributed by atoms with Gasteiger partial charge >= 0.3 is 0 Å². The molecule has 0 atom stereocenters. The van der Waals surface area contributed by atoms with E-state index in [0.29, 0.717) is 15.2 Å². The smallest absolute Gasteiger partial charge is 0.242 e. The summed E-state index contributed by atoms with van der Waals surface area (Å²) < 4.78 is 28.8. The van der Waals surface area contributed by atoms with Crippen LogP contribution in [0.1, 0.15) is 4.88 Å². The lowest BCUT2D eigenvalue weighted by Gasteiger charge is -2.05. The van der Waals surface area contributed by atoms with Crippen LogP contribution in [0.2, 0.25) is 0 Å². The quantitative estimate of drug-likeness (QED) is 0.804. The molecule has 0 aliphatic carbocycles. The van der Waals surface area contributed by atoms with Gasteiger partial charge in [-0.2, -0.15) is 5.10 Å². The molecule has 0 saturated carbocycles. The average molecular weight is 366 g/mol. The van der Waals surface area contributed by atoms with Crippen LogP contribution in [0.5, 0.6) is 0 Å². The second-order valence-corrected chi connectivity index (χ2v) is 7.87. The van der Waals surface area contributed by atoms with E-state index in [-0.39, 0.29) is 18.0 Å². The van der Waals surface area contributed by atoms with Crippen molar-refractivity contribution in [3.63, 3.8) is 0 Å². The molecule has 0 spiro atoms. The van der Waals surface area contributed by atoms with Crippen molar-refractivity contribution in [2.45, 2.75) is 18.0 Å². The van der Waals surface area contributed by atoms with Gasteiger partial charge in [-0.25, -0.2) is 13.1 Å². The Bertz CT molecular complexity index is 637. The summed E-state index contributed by atoms with van der Waals surface area (Å²) in [4.78, 5) is 0.751. The van der Waals surface area contributed by atoms with Crippen LogP contribution in [0.3, 0.4) is 0 Å². The van der Waals surface area contributed by atoms with Gasteiger partial charge in [-0.15, -0.1) is 11.3 Å². The molecular weight excluding hydrogens is 354 g/mol. The van der Waals surface area contributed by atoms with Gasteiger partial charge in [-0.05, 0) is 28.1 Å². The van der Waals surface area contributed by atoms with Gasteiger partial charge in [0.1, 0.15) is 4.90 Å². The molecule has 0 bridgehead atoms. The maximum absolute atomic E-state index is 12.1. The predicted octanol–water partition coefficient (Wildman–Crippen LogP) is 1.18. The van der Waals surface area contributed by atoms with E-state index in [0.717, 1.165) is 0 Å². The number of thiophene rings is 1. The van der Waals surface area contributed by atoms with Crippen molar-refractivity contribution in [3.8, 4) is 0 Å². The van der Waals surface area contributed by atoms with Crippen molar-refractivity contribution >= 4 is 37.3 Å². The molecule has 2 aromatic heterocycles. The summed E-state index contributed by atoms with van der Waals surface area (Å²) in [6.07, 6.45) is 3.40. The monoisotopic (exact) mass is 365 g/mol. The summed E-state index contributed by atoms with van der Waals surface area (Å²) >= 11 is 4.40. The Labute approximate surface area is 123 Å². The molecule has 0 aliphatic rings. The number of aliphatic hydroxyl groups is 1. The van der Waals surface area contributed by atoms with Crippen LogP contribution in [-0.4, -0.2) is 29.8 Å². The maximum Gasteiger partial charge on any atom is 0.242 e. The molecule has 104 valence electrons. The molecular formula is C10H12BrN3O3S2. The number of nitrogens with zero attached hydrogens (tertiary/aromatic N) is 2. The number of halogens is 1. The highest BCUT2D eigenvalue weighted by molar-refractivity contribution is 9.11. The zero-order valence-corrected chi connectivity index (χ0v) is 13.0. The van der Waals surface area contributed by atoms with E-state index < -0.39 is 10.0 Å². The normalized spacial score (nSPS) is 11.9. The van der Waals surface area contributed by atoms with Crippen LogP contribution >= 0.6 is 27.3 Å². The van der Waals surface area contributed by atoms with E-state index >= 15 is 0 Å². The highest BCUT2D eigenvalue weighted by Gasteiger charge is 2.20. The number of aromatic nitrogens is 2. The second-order valence-electron chi connectivity index (χ2n) is 3.68. The fourth-order valence-corrected chi connectivity index (χ4v) is 5.03. The van der Waals surface area contributed by atoms with Crippen LogP contribution < -0.4 is 4.72 Å². The first-order chi connectivity index (χ1) is 9.03. The first-order valence-corrected chi connectivity index (χ1v) is 8.48. The summed E-state index contributed by atoms with van der Waals surface area (Å²) in [5.41, 5.74) is 0. The third-order valence-electron chi connectivity index (χ3n) is 2.34. The van der Waals surface area contributed by atoms with Gasteiger partial charge in [0.05, 0.1) is 16.9 Å². The molecule has 6 nitrogen and oxygen atoms in total. The topological polar surface area (TPSA) is 84.2 Å². The molecule has 0 unspecified atom stereocenters. The SMILES string of the molecule is O=S(=O)(NCCn1cccn1)c1cc(CO)sc1Br. The largest absolute Gasteiger partial charge is 0.391 e. The number of sulfonamides is 1. The lowest BCUT2D eigenvalue weighted by molar-refractivity contribution is 0.285. The molecule has 0 saturated heterocycles. The van der Waals surface area contributed by atoms with Crippen LogP contribution in [0.4, 0.5) is 0 Å². The molecule has 0 radical (unpaired) electrons. The Hall–Kier alpha value is -0.740. The molecule has 19 heavy (non-hydrogen) atoms. The molecule has 2 rings (SSSR count). The molecule has 0 fully saturated rings. The van der Waals surface area contributed by atoms with E-state index in [2.05, 4.69) is 25.8 Å². The maximum atomic E-state index is 12.1. The Morgan fingerprint density at radius 2 is 2.32 bits per heavy atom. The van der Waals surface area contributed by atoms with E-state index in [1.54, 1.807) is 23.1 Å². The van der Waals surface area contributed by atoms with Crippen molar-refractivity contribution in [1.82, 2.24) is 14.5 Å². The third kappa shape index (κ3) is 3.63. The minimum Gasteiger partial charge on any atom is -0.391 e. The van der Waals surface area contributed by atoms with Gasteiger partial charge in [0.25, 0.3) is 0 Å². The van der Waals surface area contributed by atoms with Crippen LogP contribution in [0, 0.1) is 0 Å². The fourth-order valence-electron chi connectivity index (χ4n) is 1.46. The van der Waals surface area contributed by atoms with Crippen LogP contribution in [-0.2, 0) is 23.2 Å². The Morgan fingerprint density at radius 1 is 1.53 bits per heavy atom. The zero-order chi connectivity index (χ0) is 13.9. The zero-order valence-electron chi connectivity index (χ0n) is 9.78. The van der Waals surface area contributed by atoms with Crippen LogP contribution in [0.15, 0.2) is 33.2 Å². The van der Waals surface area contributed by atoms with Crippen molar-refractivity contribution in [2.75, 3.05) is 6.54 Å². The van der Waals surface area contributed by atoms with Gasteiger partial charge in [-0.1, -0.05) is 0 Å². The van der Waals surface area contributed by atoms with E-state index in [1.807, 2.05) is 0 Å². The first-order valence-electron chi connectivity index (χ1n) is 5.39. The molecule has 0 amide bonds. The number of rotatable bonds is 6. The molecule has 2 N–H and O–H groups in total. The standard InChI is InChI=1S/C10H12BrN3O3S2/c11-10-9(6-8(7-15)18-10)19(16,17)13-3-5-14-4-1-2-12-14/h1-2,4,6,13,15H,3,5,7H2. The predicted molar refractivity (Wildman–Crippen MR) is 75.4 cm³/mol. The van der Waals surface area contributed by atoms with E-state index in [1.165, 1.54) is 17.4 Å². The Balaban J connectivity index is 2.03. The van der Waals surface area contributed by atoms with Gasteiger partial charge < -0.3 is 5.11 Å². The van der Waals surface area contributed by atoms with Crippen molar-refractivity contribution in [1.29, 1.82) is 0 Å². The van der Waals surface area contributed by atoms with E-state index in [9.17, 15) is 8.42 Å². The number of hydrogen-bond acceptors (Lipinski definition) is 5. The minimum absolute atomic E-state index is 0.155. The third-order valence-corrected chi connectivity index (χ3v) is 6.04. The number of nitrogens with one attached hydrogen (secondary N) is 1. The average Bonchev–Trinajstić information content (AvgIpc) is 2.98. The van der Waals surface area contributed by atoms with Crippen molar-refractivity contribution in [3.05, 3.63) is 33.2 Å². The first kappa shape index (κ1) is 14.7. The summed E-state index contributed by atoms with van der Waals surface area (Å²) in [7, 11) is -3.57. The van der Waals surface area contributed by atoms with Gasteiger partial charge in [0, 0.05) is 23.8 Å². The van der Waals surface area contributed by atoms with Gasteiger partial charge in [0.2, 0.25) is 10.0 Å². The minimum atomic E-state index is -3.57. The lowest BCUT2D eigenvalue weighted by atomic mass is 10.5. The Kier molecular flexibility index (Phi) is 4.74. The number of aliphatic hydroxyl groups excluding tert-OH is 1. The fraction of sp³-hybridized carbons (Fsp3) is 0.300.